The Labute approximate surface area is 115 Å². The van der Waals surface area contributed by atoms with Gasteiger partial charge in [-0.2, -0.15) is 20.1 Å². The van der Waals surface area contributed by atoms with E-state index in [4.69, 9.17) is 16.3 Å². The van der Waals surface area contributed by atoms with E-state index >= 15 is 0 Å². The molecule has 19 heavy (non-hydrogen) atoms. The number of aromatic nitrogens is 5. The maximum Gasteiger partial charge on any atom is 0.256 e. The predicted molar refractivity (Wildman–Crippen MR) is 69.4 cm³/mol. The molecule has 3 rings (SSSR count). The summed E-state index contributed by atoms with van der Waals surface area (Å²) < 4.78 is 6.77. The van der Waals surface area contributed by atoms with Crippen LogP contribution >= 0.6 is 11.6 Å². The number of nitrogens with zero attached hydrogens (tertiary/aromatic N) is 5. The lowest BCUT2D eigenvalue weighted by Gasteiger charge is -2.34. The summed E-state index contributed by atoms with van der Waals surface area (Å²) in [5.74, 6) is 0.861. The third-order valence-corrected chi connectivity index (χ3v) is 3.24. The highest BCUT2D eigenvalue weighted by Gasteiger charge is 2.29. The molecule has 0 aliphatic heterocycles. The molecule has 7 nitrogen and oxygen atoms in total. The van der Waals surface area contributed by atoms with E-state index in [1.807, 2.05) is 0 Å². The molecule has 1 N–H and O–H groups in total. The van der Waals surface area contributed by atoms with Gasteiger partial charge in [-0.1, -0.05) is 0 Å². The molecule has 0 radical (unpaired) electrons. The summed E-state index contributed by atoms with van der Waals surface area (Å²) in [4.78, 5) is 12.4. The van der Waals surface area contributed by atoms with E-state index < -0.39 is 0 Å². The van der Waals surface area contributed by atoms with Crippen LogP contribution in [0.5, 0.6) is 0 Å². The van der Waals surface area contributed by atoms with E-state index in [0.29, 0.717) is 24.0 Å². The molecule has 0 bridgehead atoms. The molecular weight excluding hydrogens is 268 g/mol. The molecule has 0 spiro atoms. The van der Waals surface area contributed by atoms with E-state index in [9.17, 15) is 0 Å². The zero-order valence-corrected chi connectivity index (χ0v) is 11.1. The number of nitrogens with one attached hydrogen (secondary N) is 1. The number of hydrogen-bond donors (Lipinski definition) is 1. The first kappa shape index (κ1) is 12.3. The van der Waals surface area contributed by atoms with Gasteiger partial charge in [-0.25, -0.2) is 4.68 Å². The van der Waals surface area contributed by atoms with Crippen LogP contribution in [0.3, 0.4) is 0 Å². The molecule has 100 valence electrons. The van der Waals surface area contributed by atoms with Crippen molar-refractivity contribution in [2.75, 3.05) is 12.4 Å². The molecule has 2 heterocycles. The van der Waals surface area contributed by atoms with E-state index in [1.165, 1.54) is 4.68 Å². The quantitative estimate of drug-likeness (QED) is 0.909. The average molecular weight is 281 g/mol. The Morgan fingerprint density at radius 1 is 1.37 bits per heavy atom. The first-order valence-electron chi connectivity index (χ1n) is 5.95. The number of methoxy groups -OCH3 is 1. The van der Waals surface area contributed by atoms with Gasteiger partial charge < -0.3 is 10.1 Å². The minimum Gasteiger partial charge on any atom is -0.381 e. The number of anilines is 1. The molecule has 0 saturated heterocycles. The van der Waals surface area contributed by atoms with Gasteiger partial charge in [0, 0.05) is 25.5 Å². The zero-order chi connectivity index (χ0) is 13.2. The van der Waals surface area contributed by atoms with Crippen LogP contribution in [0.15, 0.2) is 18.5 Å². The number of rotatable bonds is 4. The molecule has 1 fully saturated rings. The lowest BCUT2D eigenvalue weighted by Crippen LogP contribution is -2.40. The van der Waals surface area contributed by atoms with Crippen molar-refractivity contribution in [3.05, 3.63) is 23.7 Å². The topological polar surface area (TPSA) is 77.8 Å². The van der Waals surface area contributed by atoms with Crippen LogP contribution in [0.25, 0.3) is 5.95 Å². The van der Waals surface area contributed by atoms with Crippen LogP contribution in [0.1, 0.15) is 12.8 Å². The Bertz CT molecular complexity index is 554. The van der Waals surface area contributed by atoms with Crippen LogP contribution < -0.4 is 5.32 Å². The Hall–Kier alpha value is -1.73. The first-order valence-corrected chi connectivity index (χ1v) is 6.33. The largest absolute Gasteiger partial charge is 0.381 e. The summed E-state index contributed by atoms with van der Waals surface area (Å²) in [6.07, 6.45) is 5.60. The first-order chi connectivity index (χ1) is 9.24. The SMILES string of the molecule is COC1CC(Nc2nc(Cl)nc(-n3cccn3)n2)C1. The van der Waals surface area contributed by atoms with Crippen molar-refractivity contribution in [1.29, 1.82) is 0 Å². The Morgan fingerprint density at radius 3 is 2.89 bits per heavy atom. The maximum atomic E-state index is 5.90. The second kappa shape index (κ2) is 5.10. The van der Waals surface area contributed by atoms with Gasteiger partial charge in [0.1, 0.15) is 0 Å². The third kappa shape index (κ3) is 2.66. The second-order valence-corrected chi connectivity index (χ2v) is 4.69. The van der Waals surface area contributed by atoms with E-state index in [-0.39, 0.29) is 5.28 Å². The second-order valence-electron chi connectivity index (χ2n) is 4.35. The Morgan fingerprint density at radius 2 is 2.21 bits per heavy atom. The van der Waals surface area contributed by atoms with Crippen molar-refractivity contribution in [3.8, 4) is 5.95 Å². The van der Waals surface area contributed by atoms with Crippen LogP contribution in [0.4, 0.5) is 5.95 Å². The van der Waals surface area contributed by atoms with E-state index in [0.717, 1.165) is 12.8 Å². The average Bonchev–Trinajstić information content (AvgIpc) is 2.86. The summed E-state index contributed by atoms with van der Waals surface area (Å²) in [5, 5.41) is 7.43. The van der Waals surface area contributed by atoms with Gasteiger partial charge >= 0.3 is 0 Å². The van der Waals surface area contributed by atoms with Crippen molar-refractivity contribution in [3.63, 3.8) is 0 Å². The normalized spacial score (nSPS) is 22.0. The van der Waals surface area contributed by atoms with Crippen molar-refractivity contribution >= 4 is 17.5 Å². The number of halogens is 1. The molecule has 2 aromatic heterocycles. The minimum atomic E-state index is 0.144. The Kier molecular flexibility index (Phi) is 3.31. The molecule has 1 saturated carbocycles. The molecule has 2 aromatic rings. The van der Waals surface area contributed by atoms with Gasteiger partial charge in [0.15, 0.2) is 0 Å². The number of ether oxygens (including phenoxy) is 1. The third-order valence-electron chi connectivity index (χ3n) is 3.07. The van der Waals surface area contributed by atoms with Crippen LogP contribution in [-0.2, 0) is 4.74 Å². The fourth-order valence-corrected chi connectivity index (χ4v) is 2.11. The highest BCUT2D eigenvalue weighted by Crippen LogP contribution is 2.25. The van der Waals surface area contributed by atoms with Crippen molar-refractivity contribution < 1.29 is 4.74 Å². The fourth-order valence-electron chi connectivity index (χ4n) is 1.95. The van der Waals surface area contributed by atoms with Crippen LogP contribution in [0, 0.1) is 0 Å². The lowest BCUT2D eigenvalue weighted by molar-refractivity contribution is 0.0327. The van der Waals surface area contributed by atoms with Gasteiger partial charge in [0.2, 0.25) is 11.2 Å². The highest BCUT2D eigenvalue weighted by atomic mass is 35.5. The molecular formula is C11H13ClN6O. The van der Waals surface area contributed by atoms with Crippen molar-refractivity contribution in [2.45, 2.75) is 25.0 Å². The summed E-state index contributed by atoms with van der Waals surface area (Å²) in [6, 6.07) is 2.11. The van der Waals surface area contributed by atoms with Gasteiger partial charge in [0.25, 0.3) is 5.95 Å². The van der Waals surface area contributed by atoms with Crippen molar-refractivity contribution in [1.82, 2.24) is 24.7 Å². The number of hydrogen-bond acceptors (Lipinski definition) is 6. The summed E-state index contributed by atoms with van der Waals surface area (Å²) in [6.45, 7) is 0. The molecule has 0 amide bonds. The van der Waals surface area contributed by atoms with Crippen molar-refractivity contribution in [2.24, 2.45) is 0 Å². The van der Waals surface area contributed by atoms with Crippen LogP contribution in [0.2, 0.25) is 5.28 Å². The van der Waals surface area contributed by atoms with E-state index in [1.54, 1.807) is 25.6 Å². The van der Waals surface area contributed by atoms with Gasteiger partial charge in [-0.15, -0.1) is 0 Å². The maximum absolute atomic E-state index is 5.90. The summed E-state index contributed by atoms with van der Waals surface area (Å²) in [7, 11) is 1.72. The molecule has 0 aromatic carbocycles. The Balaban J connectivity index is 1.75. The minimum absolute atomic E-state index is 0.144. The molecule has 8 heteroatoms. The highest BCUT2D eigenvalue weighted by molar-refractivity contribution is 6.28. The van der Waals surface area contributed by atoms with Gasteiger partial charge in [-0.05, 0) is 30.5 Å². The molecule has 0 unspecified atom stereocenters. The molecule has 1 aliphatic rings. The zero-order valence-electron chi connectivity index (χ0n) is 10.3. The fraction of sp³-hybridized carbons (Fsp3) is 0.455. The predicted octanol–water partition coefficient (Wildman–Crippen LogP) is 1.30. The smallest absolute Gasteiger partial charge is 0.256 e. The molecule has 0 atom stereocenters. The van der Waals surface area contributed by atoms with E-state index in [2.05, 4.69) is 25.4 Å². The summed E-state index contributed by atoms with van der Waals surface area (Å²) >= 11 is 5.90. The summed E-state index contributed by atoms with van der Waals surface area (Å²) in [5.41, 5.74) is 0. The molecule has 1 aliphatic carbocycles. The lowest BCUT2D eigenvalue weighted by atomic mass is 9.89. The van der Waals surface area contributed by atoms with Crippen LogP contribution in [-0.4, -0.2) is 44.0 Å². The standard InChI is InChI=1S/C11H13ClN6O/c1-19-8-5-7(6-8)14-10-15-9(12)16-11(17-10)18-4-2-3-13-18/h2-4,7-8H,5-6H2,1H3,(H,14,15,16,17). The van der Waals surface area contributed by atoms with Gasteiger partial charge in [-0.3, -0.25) is 0 Å². The monoisotopic (exact) mass is 280 g/mol. The van der Waals surface area contributed by atoms with Gasteiger partial charge in [0.05, 0.1) is 6.10 Å².